The van der Waals surface area contributed by atoms with E-state index < -0.39 is 12.4 Å². The molecule has 0 aliphatic rings. The quantitative estimate of drug-likeness (QED) is 0.444. The van der Waals surface area contributed by atoms with Crippen molar-refractivity contribution in [2.24, 2.45) is 5.41 Å². The molecule has 2 atom stereocenters. The van der Waals surface area contributed by atoms with E-state index in [2.05, 4.69) is 26.2 Å². The van der Waals surface area contributed by atoms with Crippen LogP contribution in [0.4, 0.5) is 0 Å². The third-order valence-corrected chi connectivity index (χ3v) is 8.52. The third kappa shape index (κ3) is 2.58. The first-order valence-corrected chi connectivity index (χ1v) is 7.63. The van der Waals surface area contributed by atoms with Gasteiger partial charge in [0.15, 0.2) is 0 Å². The van der Waals surface area contributed by atoms with Gasteiger partial charge in [-0.2, -0.15) is 0 Å². The molecule has 2 unspecified atom stereocenters. The highest BCUT2D eigenvalue weighted by molar-refractivity contribution is 9.09. The van der Waals surface area contributed by atoms with Crippen LogP contribution in [-0.4, -0.2) is 34.1 Å². The van der Waals surface area contributed by atoms with Gasteiger partial charge in [-0.1, -0.05) is 43.6 Å². The zero-order valence-corrected chi connectivity index (χ0v) is 13.6. The summed E-state index contributed by atoms with van der Waals surface area (Å²) in [6, 6.07) is 0. The summed E-state index contributed by atoms with van der Waals surface area (Å²) in [5.74, 6) is 0. The van der Waals surface area contributed by atoms with Crippen molar-refractivity contribution in [1.29, 1.82) is 0 Å². The molecule has 15 heavy (non-hydrogen) atoms. The molecule has 0 aromatic rings. The fraction of sp³-hybridized carbons (Fsp3) is 1.00. The Balaban J connectivity index is 5.39. The minimum Gasteiger partial charge on any atom is -0.312 e. The number of hydrogen-bond donors (Lipinski definition) is 0. The molecular formula is C9H19BrO3PSi. The molecule has 0 heterocycles. The van der Waals surface area contributed by atoms with Crippen molar-refractivity contribution in [2.45, 2.75) is 37.3 Å². The van der Waals surface area contributed by atoms with Gasteiger partial charge in [0, 0.05) is 29.3 Å². The zero-order valence-electron chi connectivity index (χ0n) is 10.1. The molecule has 0 N–H and O–H groups in total. The van der Waals surface area contributed by atoms with Crippen molar-refractivity contribution < 1.29 is 13.6 Å². The summed E-state index contributed by atoms with van der Waals surface area (Å²) in [5.41, 5.74) is -0.300. The Labute approximate surface area is 104 Å². The highest BCUT2D eigenvalue weighted by atomic mass is 79.9. The summed E-state index contributed by atoms with van der Waals surface area (Å²) in [7, 11) is 3.19. The van der Waals surface area contributed by atoms with Gasteiger partial charge in [-0.3, -0.25) is 4.57 Å². The standard InChI is InChI=1S/C9H19BrO3PSi/c1-7(10)8(2,3)9(4,15)14(11,12-5)13-6/h7H,1-6H3. The van der Waals surface area contributed by atoms with E-state index in [1.165, 1.54) is 14.2 Å². The van der Waals surface area contributed by atoms with Crippen molar-refractivity contribution in [1.82, 2.24) is 0 Å². The molecule has 0 aliphatic heterocycles. The van der Waals surface area contributed by atoms with Crippen LogP contribution in [0.5, 0.6) is 0 Å². The van der Waals surface area contributed by atoms with Gasteiger partial charge in [0.05, 0.1) is 4.78 Å². The summed E-state index contributed by atoms with van der Waals surface area (Å²) in [5, 5.41) is 0. The lowest BCUT2D eigenvalue weighted by atomic mass is 9.86. The molecule has 0 saturated carbocycles. The Morgan fingerprint density at radius 1 is 1.27 bits per heavy atom. The molecule has 0 aromatic carbocycles. The predicted molar refractivity (Wildman–Crippen MR) is 68.0 cm³/mol. The van der Waals surface area contributed by atoms with E-state index in [1.54, 1.807) is 0 Å². The smallest absolute Gasteiger partial charge is 0.312 e. The van der Waals surface area contributed by atoms with Crippen molar-refractivity contribution in [2.75, 3.05) is 14.2 Å². The molecule has 0 bridgehead atoms. The minimum absolute atomic E-state index is 0.158. The molecule has 0 rings (SSSR count). The summed E-state index contributed by atoms with van der Waals surface area (Å²) in [6.45, 7) is 7.84. The van der Waals surface area contributed by atoms with Gasteiger partial charge in [-0.15, -0.1) is 0 Å². The van der Waals surface area contributed by atoms with Gasteiger partial charge in [-0.25, -0.2) is 0 Å². The van der Waals surface area contributed by atoms with Gasteiger partial charge in [0.2, 0.25) is 0 Å². The molecule has 0 amide bonds. The fourth-order valence-corrected chi connectivity index (χ4v) is 4.57. The number of alkyl halides is 1. The second-order valence-electron chi connectivity index (χ2n) is 4.27. The maximum atomic E-state index is 12.4. The highest BCUT2D eigenvalue weighted by Crippen LogP contribution is 2.64. The van der Waals surface area contributed by atoms with Gasteiger partial charge in [0.25, 0.3) is 0 Å². The molecule has 89 valence electrons. The van der Waals surface area contributed by atoms with Crippen LogP contribution >= 0.6 is 23.5 Å². The first kappa shape index (κ1) is 15.8. The average molecular weight is 314 g/mol. The van der Waals surface area contributed by atoms with Gasteiger partial charge >= 0.3 is 7.60 Å². The predicted octanol–water partition coefficient (Wildman–Crippen LogP) is 3.17. The van der Waals surface area contributed by atoms with E-state index in [1.807, 2.05) is 27.7 Å². The van der Waals surface area contributed by atoms with Crippen LogP contribution in [-0.2, 0) is 13.6 Å². The van der Waals surface area contributed by atoms with E-state index in [9.17, 15) is 4.57 Å². The number of rotatable bonds is 5. The van der Waals surface area contributed by atoms with Crippen LogP contribution in [0.25, 0.3) is 0 Å². The van der Waals surface area contributed by atoms with E-state index in [4.69, 9.17) is 9.05 Å². The lowest BCUT2D eigenvalue weighted by Gasteiger charge is -2.46. The second kappa shape index (κ2) is 5.01. The molecule has 3 nitrogen and oxygen atoms in total. The van der Waals surface area contributed by atoms with E-state index in [0.29, 0.717) is 0 Å². The van der Waals surface area contributed by atoms with Gasteiger partial charge in [-0.05, 0) is 5.41 Å². The topological polar surface area (TPSA) is 35.5 Å². The third-order valence-electron chi connectivity index (χ3n) is 3.28. The number of hydrogen-bond acceptors (Lipinski definition) is 3. The highest BCUT2D eigenvalue weighted by Gasteiger charge is 2.54. The Bertz CT molecular complexity index is 258. The lowest BCUT2D eigenvalue weighted by molar-refractivity contribution is 0.217. The van der Waals surface area contributed by atoms with Crippen molar-refractivity contribution >= 4 is 33.8 Å². The second-order valence-corrected chi connectivity index (χ2v) is 9.69. The summed E-state index contributed by atoms with van der Waals surface area (Å²) in [6.07, 6.45) is 0. The van der Waals surface area contributed by atoms with E-state index in [-0.39, 0.29) is 10.2 Å². The van der Waals surface area contributed by atoms with Crippen molar-refractivity contribution in [3.63, 3.8) is 0 Å². The fourth-order valence-electron chi connectivity index (χ4n) is 1.18. The summed E-state index contributed by atoms with van der Waals surface area (Å²) < 4.78 is 21.8. The SMILES string of the molecule is COP(=O)(OC)C(C)([Si])C(C)(C)C(C)Br. The first-order valence-electron chi connectivity index (χ1n) is 4.67. The Hall–Kier alpha value is 0.847. The Morgan fingerprint density at radius 2 is 1.60 bits per heavy atom. The van der Waals surface area contributed by atoms with Crippen LogP contribution in [0, 0.1) is 5.41 Å². The molecule has 0 fully saturated rings. The van der Waals surface area contributed by atoms with Crippen LogP contribution in [0.3, 0.4) is 0 Å². The average Bonchev–Trinajstić information content (AvgIpc) is 2.15. The normalized spacial score (nSPS) is 19.7. The maximum absolute atomic E-state index is 12.4. The molecule has 6 heteroatoms. The Morgan fingerprint density at radius 3 is 1.80 bits per heavy atom. The maximum Gasteiger partial charge on any atom is 0.332 e. The van der Waals surface area contributed by atoms with Gasteiger partial charge in [0.1, 0.15) is 0 Å². The molecule has 0 aromatic heterocycles. The van der Waals surface area contributed by atoms with Gasteiger partial charge < -0.3 is 9.05 Å². The summed E-state index contributed by atoms with van der Waals surface area (Å²) in [4.78, 5) is 0.158. The summed E-state index contributed by atoms with van der Waals surface area (Å²) >= 11 is 3.52. The lowest BCUT2D eigenvalue weighted by Crippen LogP contribution is -2.47. The molecule has 0 spiro atoms. The van der Waals surface area contributed by atoms with Crippen LogP contribution < -0.4 is 0 Å². The van der Waals surface area contributed by atoms with E-state index >= 15 is 0 Å². The monoisotopic (exact) mass is 313 g/mol. The zero-order chi connectivity index (χ0) is 12.5. The largest absolute Gasteiger partial charge is 0.332 e. The van der Waals surface area contributed by atoms with E-state index in [0.717, 1.165) is 0 Å². The number of halogens is 1. The van der Waals surface area contributed by atoms with Crippen molar-refractivity contribution in [3.8, 4) is 0 Å². The first-order chi connectivity index (χ1) is 6.56. The Kier molecular flexibility index (Phi) is 5.29. The minimum atomic E-state index is -3.18. The van der Waals surface area contributed by atoms with Crippen LogP contribution in [0.1, 0.15) is 27.7 Å². The molecule has 0 aliphatic carbocycles. The van der Waals surface area contributed by atoms with Crippen LogP contribution in [0.15, 0.2) is 0 Å². The molecule has 3 radical (unpaired) electrons. The molecular weight excluding hydrogens is 295 g/mol. The van der Waals surface area contributed by atoms with Crippen LogP contribution in [0.2, 0.25) is 0 Å². The van der Waals surface area contributed by atoms with Crippen molar-refractivity contribution in [3.05, 3.63) is 0 Å². The molecule has 0 saturated heterocycles.